The summed E-state index contributed by atoms with van der Waals surface area (Å²) < 4.78 is 11.5. The van der Waals surface area contributed by atoms with Gasteiger partial charge in [-0.3, -0.25) is 4.79 Å². The van der Waals surface area contributed by atoms with E-state index in [0.717, 1.165) is 22.2 Å². The molecule has 1 aromatic heterocycles. The van der Waals surface area contributed by atoms with E-state index in [1.54, 1.807) is 25.3 Å². The van der Waals surface area contributed by atoms with Gasteiger partial charge in [-0.05, 0) is 62.4 Å². The van der Waals surface area contributed by atoms with E-state index in [0.29, 0.717) is 17.1 Å². The van der Waals surface area contributed by atoms with Gasteiger partial charge < -0.3 is 9.47 Å². The van der Waals surface area contributed by atoms with Crippen LogP contribution in [0.5, 0.6) is 11.5 Å². The summed E-state index contributed by atoms with van der Waals surface area (Å²) in [4.78, 5) is 17.5. The van der Waals surface area contributed by atoms with Crippen LogP contribution >= 0.6 is 0 Å². The molecule has 4 rings (SSSR count). The molecule has 0 bridgehead atoms. The third kappa shape index (κ3) is 3.41. The van der Waals surface area contributed by atoms with Crippen molar-refractivity contribution in [3.8, 4) is 11.5 Å². The number of ether oxygens (including phenoxy) is 2. The lowest BCUT2D eigenvalue weighted by atomic mass is 9.97. The molecule has 0 saturated heterocycles. The van der Waals surface area contributed by atoms with Crippen molar-refractivity contribution >= 4 is 28.8 Å². The Morgan fingerprint density at radius 2 is 1.93 bits per heavy atom. The van der Waals surface area contributed by atoms with Crippen LogP contribution in [0.15, 0.2) is 60.7 Å². The predicted molar refractivity (Wildman–Crippen MR) is 112 cm³/mol. The van der Waals surface area contributed by atoms with E-state index < -0.39 is 5.60 Å². The molecule has 2 heterocycles. The summed E-state index contributed by atoms with van der Waals surface area (Å²) in [6.45, 7) is 3.91. The largest absolute Gasteiger partial charge is 0.496 e. The molecule has 4 heteroatoms. The van der Waals surface area contributed by atoms with E-state index >= 15 is 0 Å². The Morgan fingerprint density at radius 3 is 2.75 bits per heavy atom. The minimum absolute atomic E-state index is 0.139. The van der Waals surface area contributed by atoms with Crippen LogP contribution in [0.2, 0.25) is 0 Å². The lowest BCUT2D eigenvalue weighted by molar-refractivity contribution is 0.103. The number of hydrogen-bond acceptors (Lipinski definition) is 4. The molecule has 1 aliphatic heterocycles. The first-order valence-electron chi connectivity index (χ1n) is 9.14. The van der Waals surface area contributed by atoms with Crippen LogP contribution in [-0.2, 0) is 0 Å². The standard InChI is InChI=1S/C24H21NO3/c1-24(2)15-14-19-22(27-3)13-11-18(23(19)28-24)21(26)12-10-17-9-8-16-6-4-5-7-20(16)25-17/h4-15H,1-3H3. The van der Waals surface area contributed by atoms with Crippen molar-refractivity contribution in [1.82, 2.24) is 4.98 Å². The lowest BCUT2D eigenvalue weighted by Crippen LogP contribution is -2.28. The number of ketones is 1. The number of methoxy groups -OCH3 is 1. The highest BCUT2D eigenvalue weighted by Gasteiger charge is 2.27. The maximum atomic E-state index is 12.9. The van der Waals surface area contributed by atoms with E-state index in [2.05, 4.69) is 4.98 Å². The second kappa shape index (κ2) is 6.97. The molecule has 28 heavy (non-hydrogen) atoms. The molecule has 0 amide bonds. The van der Waals surface area contributed by atoms with Gasteiger partial charge in [0.15, 0.2) is 5.78 Å². The van der Waals surface area contributed by atoms with Gasteiger partial charge in [0, 0.05) is 5.39 Å². The first-order valence-corrected chi connectivity index (χ1v) is 9.14. The van der Waals surface area contributed by atoms with Crippen molar-refractivity contribution in [2.75, 3.05) is 7.11 Å². The monoisotopic (exact) mass is 371 g/mol. The summed E-state index contributed by atoms with van der Waals surface area (Å²) in [6.07, 6.45) is 7.17. The van der Waals surface area contributed by atoms with Crippen molar-refractivity contribution < 1.29 is 14.3 Å². The highest BCUT2D eigenvalue weighted by molar-refractivity contribution is 6.09. The van der Waals surface area contributed by atoms with E-state index in [1.165, 1.54) is 6.08 Å². The van der Waals surface area contributed by atoms with Gasteiger partial charge in [-0.2, -0.15) is 0 Å². The average Bonchev–Trinajstić information content (AvgIpc) is 2.70. The van der Waals surface area contributed by atoms with E-state index in [1.807, 2.05) is 62.4 Å². The van der Waals surface area contributed by atoms with Crippen LogP contribution in [0.1, 0.15) is 35.5 Å². The Labute approximate surface area is 164 Å². The zero-order valence-corrected chi connectivity index (χ0v) is 16.1. The minimum Gasteiger partial charge on any atom is -0.496 e. The van der Waals surface area contributed by atoms with Crippen LogP contribution in [0.3, 0.4) is 0 Å². The SMILES string of the molecule is COc1ccc(C(=O)C=Cc2ccc3ccccc3n2)c2c1C=CC(C)(C)O2. The van der Waals surface area contributed by atoms with Crippen molar-refractivity contribution in [1.29, 1.82) is 0 Å². The fourth-order valence-corrected chi connectivity index (χ4v) is 3.23. The zero-order valence-electron chi connectivity index (χ0n) is 16.1. The molecule has 4 nitrogen and oxygen atoms in total. The van der Waals surface area contributed by atoms with E-state index in [-0.39, 0.29) is 5.78 Å². The predicted octanol–water partition coefficient (Wildman–Crippen LogP) is 5.32. The first-order chi connectivity index (χ1) is 13.5. The Kier molecular flexibility index (Phi) is 4.47. The smallest absolute Gasteiger partial charge is 0.189 e. The normalized spacial score (nSPS) is 14.7. The maximum Gasteiger partial charge on any atom is 0.189 e. The molecular formula is C24H21NO3. The van der Waals surface area contributed by atoms with E-state index in [4.69, 9.17) is 9.47 Å². The number of carbonyl (C=O) groups is 1. The fourth-order valence-electron chi connectivity index (χ4n) is 3.23. The summed E-state index contributed by atoms with van der Waals surface area (Å²) in [5.74, 6) is 1.09. The van der Waals surface area contributed by atoms with Crippen molar-refractivity contribution in [3.63, 3.8) is 0 Å². The van der Waals surface area contributed by atoms with Crippen molar-refractivity contribution in [2.24, 2.45) is 0 Å². The molecule has 0 aliphatic carbocycles. The number of nitrogens with zero attached hydrogens (tertiary/aromatic N) is 1. The van der Waals surface area contributed by atoms with Gasteiger partial charge >= 0.3 is 0 Å². The lowest BCUT2D eigenvalue weighted by Gasteiger charge is -2.29. The third-order valence-electron chi connectivity index (χ3n) is 4.68. The number of fused-ring (bicyclic) bond motifs is 2. The fraction of sp³-hybridized carbons (Fsp3) is 0.167. The van der Waals surface area contributed by atoms with Crippen LogP contribution < -0.4 is 9.47 Å². The number of pyridine rings is 1. The Bertz CT molecular complexity index is 1130. The quantitative estimate of drug-likeness (QED) is 0.460. The van der Waals surface area contributed by atoms with Gasteiger partial charge in [-0.25, -0.2) is 4.98 Å². The zero-order chi connectivity index (χ0) is 19.7. The Morgan fingerprint density at radius 1 is 1.11 bits per heavy atom. The van der Waals surface area contributed by atoms with Gasteiger partial charge in [0.25, 0.3) is 0 Å². The molecule has 0 atom stereocenters. The van der Waals surface area contributed by atoms with Gasteiger partial charge in [-0.15, -0.1) is 0 Å². The molecule has 2 aromatic carbocycles. The number of allylic oxidation sites excluding steroid dienone is 1. The summed E-state index contributed by atoms with van der Waals surface area (Å²) in [5, 5.41) is 1.07. The van der Waals surface area contributed by atoms with Crippen LogP contribution in [0.4, 0.5) is 0 Å². The van der Waals surface area contributed by atoms with Crippen molar-refractivity contribution in [2.45, 2.75) is 19.4 Å². The molecule has 0 unspecified atom stereocenters. The van der Waals surface area contributed by atoms with Crippen molar-refractivity contribution in [3.05, 3.63) is 77.5 Å². The molecule has 1 aliphatic rings. The summed E-state index contributed by atoms with van der Waals surface area (Å²) in [6, 6.07) is 15.3. The molecule has 140 valence electrons. The molecule has 0 N–H and O–H groups in total. The number of aromatic nitrogens is 1. The number of carbonyl (C=O) groups excluding carboxylic acids is 1. The van der Waals surface area contributed by atoms with Crippen LogP contribution in [0, 0.1) is 0 Å². The molecule has 0 saturated carbocycles. The molecule has 3 aromatic rings. The van der Waals surface area contributed by atoms with Crippen LogP contribution in [0.25, 0.3) is 23.1 Å². The second-order valence-corrected chi connectivity index (χ2v) is 7.22. The topological polar surface area (TPSA) is 48.4 Å². The van der Waals surface area contributed by atoms with Gasteiger partial charge in [0.05, 0.1) is 29.4 Å². The molecule has 0 radical (unpaired) electrons. The Hall–Kier alpha value is -3.40. The molecular weight excluding hydrogens is 350 g/mol. The first kappa shape index (κ1) is 18.0. The average molecular weight is 371 g/mol. The number of hydrogen-bond donors (Lipinski definition) is 0. The van der Waals surface area contributed by atoms with Gasteiger partial charge in [-0.1, -0.05) is 24.3 Å². The highest BCUT2D eigenvalue weighted by atomic mass is 16.5. The summed E-state index contributed by atoms with van der Waals surface area (Å²) in [7, 11) is 1.61. The number of para-hydroxylation sites is 1. The van der Waals surface area contributed by atoms with Gasteiger partial charge in [0.2, 0.25) is 0 Å². The van der Waals surface area contributed by atoms with E-state index in [9.17, 15) is 4.79 Å². The number of benzene rings is 2. The minimum atomic E-state index is -0.488. The van der Waals surface area contributed by atoms with Gasteiger partial charge in [0.1, 0.15) is 17.1 Å². The molecule has 0 fully saturated rings. The second-order valence-electron chi connectivity index (χ2n) is 7.22. The summed E-state index contributed by atoms with van der Waals surface area (Å²) >= 11 is 0. The Balaban J connectivity index is 1.68. The van der Waals surface area contributed by atoms with Crippen LogP contribution in [-0.4, -0.2) is 23.5 Å². The number of rotatable bonds is 4. The maximum absolute atomic E-state index is 12.9. The summed E-state index contributed by atoms with van der Waals surface area (Å²) in [5.41, 5.74) is 2.43. The highest BCUT2D eigenvalue weighted by Crippen LogP contribution is 2.39. The molecule has 0 spiro atoms. The third-order valence-corrected chi connectivity index (χ3v) is 4.68.